The van der Waals surface area contributed by atoms with Crippen molar-refractivity contribution in [1.29, 1.82) is 0 Å². The summed E-state index contributed by atoms with van der Waals surface area (Å²) >= 11 is 0. The van der Waals surface area contributed by atoms with Crippen LogP contribution in [-0.4, -0.2) is 16.4 Å². The smallest absolute Gasteiger partial charge is 0.115 e. The molecule has 0 heterocycles. The summed E-state index contributed by atoms with van der Waals surface area (Å²) in [7, 11) is 0. The van der Waals surface area contributed by atoms with Crippen LogP contribution < -0.4 is 0 Å². The minimum Gasteiger partial charge on any atom is -0.508 e. The van der Waals surface area contributed by atoms with Gasteiger partial charge in [-0.1, -0.05) is 29.8 Å². The van der Waals surface area contributed by atoms with E-state index in [9.17, 15) is 14.6 Å². The fraction of sp³-hybridized carbons (Fsp3) is 0.263. The Bertz CT molecular complexity index is 614. The predicted molar refractivity (Wildman–Crippen MR) is 85.6 cm³/mol. The van der Waals surface area contributed by atoms with Gasteiger partial charge in [-0.15, -0.1) is 0 Å². The van der Waals surface area contributed by atoms with E-state index in [1.807, 2.05) is 24.3 Å². The van der Waals surface area contributed by atoms with Gasteiger partial charge in [-0.05, 0) is 66.6 Å². The molecule has 0 spiro atoms. The summed E-state index contributed by atoms with van der Waals surface area (Å²) in [5.74, 6) is 0.456. The largest absolute Gasteiger partial charge is 0.508 e. The minimum absolute atomic E-state index is 0.228. The molecule has 0 bridgehead atoms. The first-order valence-corrected chi connectivity index (χ1v) is 7.58. The molecule has 1 saturated carbocycles. The van der Waals surface area contributed by atoms with Crippen molar-refractivity contribution in [3.05, 3.63) is 65.2 Å². The van der Waals surface area contributed by atoms with Gasteiger partial charge in [0.05, 0.1) is 0 Å². The number of rotatable bonds is 2. The van der Waals surface area contributed by atoms with Crippen molar-refractivity contribution in [2.45, 2.75) is 31.9 Å². The van der Waals surface area contributed by atoms with E-state index in [1.165, 1.54) is 5.57 Å². The van der Waals surface area contributed by atoms with E-state index >= 15 is 0 Å². The standard InChI is InChI=1S/C19H19FO2/c20-16-7-1-13(2-8-16)19(14-3-9-17(21)10-4-14)15-5-11-18(22)12-6-15/h3-6,9-12,16,21-22H,1-2,7-8H2/i20-1. The van der Waals surface area contributed by atoms with Gasteiger partial charge in [0.15, 0.2) is 0 Å². The van der Waals surface area contributed by atoms with Crippen LogP contribution in [-0.2, 0) is 0 Å². The molecule has 22 heavy (non-hydrogen) atoms. The molecule has 0 atom stereocenters. The number of allylic oxidation sites excluding steroid dienone is 1. The Hall–Kier alpha value is -2.29. The van der Waals surface area contributed by atoms with E-state index in [4.69, 9.17) is 0 Å². The molecule has 114 valence electrons. The maximum atomic E-state index is 13.4. The number of halogens is 1. The first kappa shape index (κ1) is 14.6. The number of hydrogen-bond acceptors (Lipinski definition) is 2. The monoisotopic (exact) mass is 297 g/mol. The van der Waals surface area contributed by atoms with Gasteiger partial charge in [0.2, 0.25) is 0 Å². The Kier molecular flexibility index (Phi) is 4.14. The summed E-state index contributed by atoms with van der Waals surface area (Å²) in [5.41, 5.74) is 4.35. The van der Waals surface area contributed by atoms with Gasteiger partial charge >= 0.3 is 0 Å². The van der Waals surface area contributed by atoms with E-state index in [-0.39, 0.29) is 11.5 Å². The lowest BCUT2D eigenvalue weighted by Crippen LogP contribution is -2.10. The third-order valence-corrected chi connectivity index (χ3v) is 4.18. The number of benzene rings is 2. The number of hydrogen-bond donors (Lipinski definition) is 2. The number of aromatic hydroxyl groups is 2. The SMILES string of the molecule is Oc1ccc(C(=C2CCC([18F])CC2)c2ccc(O)cc2)cc1. The van der Waals surface area contributed by atoms with E-state index in [1.54, 1.807) is 24.3 Å². The molecule has 0 amide bonds. The van der Waals surface area contributed by atoms with Crippen LogP contribution in [0.5, 0.6) is 11.5 Å². The Morgan fingerprint density at radius 3 is 1.59 bits per heavy atom. The lowest BCUT2D eigenvalue weighted by Gasteiger charge is -2.22. The van der Waals surface area contributed by atoms with E-state index < -0.39 is 6.17 Å². The minimum atomic E-state index is -0.704. The highest BCUT2D eigenvalue weighted by Gasteiger charge is 2.20. The molecular formula is C19H19FO2. The van der Waals surface area contributed by atoms with Crippen molar-refractivity contribution in [2.24, 2.45) is 0 Å². The van der Waals surface area contributed by atoms with Gasteiger partial charge in [0, 0.05) is 0 Å². The molecule has 2 N–H and O–H groups in total. The summed E-state index contributed by atoms with van der Waals surface area (Å²) in [6, 6.07) is 14.2. The molecule has 1 aliphatic rings. The van der Waals surface area contributed by atoms with Crippen molar-refractivity contribution in [2.75, 3.05) is 0 Å². The van der Waals surface area contributed by atoms with E-state index in [0.29, 0.717) is 12.8 Å². The average Bonchev–Trinajstić information content (AvgIpc) is 2.53. The topological polar surface area (TPSA) is 40.5 Å². The molecule has 0 aromatic heterocycles. The molecule has 3 rings (SSSR count). The molecule has 0 aliphatic heterocycles. The summed E-state index contributed by atoms with van der Waals surface area (Å²) in [4.78, 5) is 0. The average molecular weight is 297 g/mol. The summed E-state index contributed by atoms with van der Waals surface area (Å²) < 4.78 is 13.4. The molecular weight excluding hydrogens is 278 g/mol. The zero-order valence-corrected chi connectivity index (χ0v) is 12.3. The molecule has 0 radical (unpaired) electrons. The quantitative estimate of drug-likeness (QED) is 0.835. The summed E-state index contributed by atoms with van der Waals surface area (Å²) in [6.45, 7) is 0. The maximum Gasteiger partial charge on any atom is 0.115 e. The second-order valence-electron chi connectivity index (χ2n) is 5.75. The number of alkyl halides is 1. The highest BCUT2D eigenvalue weighted by molar-refractivity contribution is 5.82. The third-order valence-electron chi connectivity index (χ3n) is 4.18. The van der Waals surface area contributed by atoms with Crippen LogP contribution >= 0.6 is 0 Å². The fourth-order valence-electron chi connectivity index (χ4n) is 3.01. The first-order chi connectivity index (χ1) is 10.6. The molecule has 2 aromatic carbocycles. The highest BCUT2D eigenvalue weighted by Crippen LogP contribution is 2.36. The van der Waals surface area contributed by atoms with E-state index in [2.05, 4.69) is 0 Å². The molecule has 2 nitrogen and oxygen atoms in total. The van der Waals surface area contributed by atoms with Gasteiger partial charge in [0.25, 0.3) is 0 Å². The normalized spacial score (nSPS) is 18.2. The molecule has 2 aromatic rings. The molecule has 0 saturated heterocycles. The Labute approximate surface area is 129 Å². The van der Waals surface area contributed by atoms with Crippen LogP contribution in [0, 0.1) is 0 Å². The van der Waals surface area contributed by atoms with Crippen molar-refractivity contribution < 1.29 is 14.6 Å². The first-order valence-electron chi connectivity index (χ1n) is 7.58. The molecule has 1 aliphatic carbocycles. The lowest BCUT2D eigenvalue weighted by molar-refractivity contribution is 0.276. The fourth-order valence-corrected chi connectivity index (χ4v) is 3.01. The third kappa shape index (κ3) is 3.14. The van der Waals surface area contributed by atoms with Crippen molar-refractivity contribution in [3.8, 4) is 11.5 Å². The Morgan fingerprint density at radius 2 is 1.18 bits per heavy atom. The van der Waals surface area contributed by atoms with Crippen LogP contribution in [0.1, 0.15) is 36.8 Å². The second kappa shape index (κ2) is 6.22. The van der Waals surface area contributed by atoms with Crippen LogP contribution in [0.15, 0.2) is 54.1 Å². The number of phenols is 2. The van der Waals surface area contributed by atoms with Crippen molar-refractivity contribution in [1.82, 2.24) is 0 Å². The molecule has 0 unspecified atom stereocenters. The zero-order chi connectivity index (χ0) is 15.5. The zero-order valence-electron chi connectivity index (χ0n) is 12.3. The van der Waals surface area contributed by atoms with Gasteiger partial charge in [0.1, 0.15) is 17.7 Å². The van der Waals surface area contributed by atoms with Gasteiger partial charge in [-0.2, -0.15) is 0 Å². The van der Waals surface area contributed by atoms with Gasteiger partial charge in [-0.3, -0.25) is 0 Å². The highest BCUT2D eigenvalue weighted by atomic mass is 18.2. The lowest BCUT2D eigenvalue weighted by atomic mass is 9.84. The van der Waals surface area contributed by atoms with E-state index in [0.717, 1.165) is 29.5 Å². The van der Waals surface area contributed by atoms with Crippen LogP contribution in [0.25, 0.3) is 5.57 Å². The predicted octanol–water partition coefficient (Wildman–Crippen LogP) is 4.81. The van der Waals surface area contributed by atoms with Crippen LogP contribution in [0.3, 0.4) is 0 Å². The summed E-state index contributed by atoms with van der Waals surface area (Å²) in [6.07, 6.45) is 1.92. The van der Waals surface area contributed by atoms with Crippen molar-refractivity contribution >= 4 is 5.57 Å². The second-order valence-corrected chi connectivity index (χ2v) is 5.75. The Morgan fingerprint density at radius 1 is 0.773 bits per heavy atom. The maximum absolute atomic E-state index is 13.4. The molecule has 3 heteroatoms. The van der Waals surface area contributed by atoms with Crippen molar-refractivity contribution in [3.63, 3.8) is 0 Å². The Balaban J connectivity index is 2.07. The van der Waals surface area contributed by atoms with Crippen LogP contribution in [0.2, 0.25) is 0 Å². The van der Waals surface area contributed by atoms with Gasteiger partial charge < -0.3 is 10.2 Å². The number of phenolic OH excluding ortho intramolecular Hbond substituents is 2. The molecule has 1 fully saturated rings. The van der Waals surface area contributed by atoms with Crippen LogP contribution in [0.4, 0.5) is 4.39 Å². The van der Waals surface area contributed by atoms with Gasteiger partial charge in [-0.25, -0.2) is 4.39 Å². The summed E-state index contributed by atoms with van der Waals surface area (Å²) in [5, 5.41) is 19.0.